The maximum atomic E-state index is 7.28. The van der Waals surface area contributed by atoms with Gasteiger partial charge in [0.1, 0.15) is 0 Å². The predicted molar refractivity (Wildman–Crippen MR) is 167 cm³/mol. The third-order valence-corrected chi connectivity index (χ3v) is 13.3. The third kappa shape index (κ3) is 5.78. The SMILES string of the molecule is CC1CCC(C2(CS)O[B-]3(OC2CC2CCCCC2)OC(CC2CCCCC2)C(CS)(C2CCC(C)C2)O3)C1.[H+]. The fourth-order valence-corrected chi connectivity index (χ4v) is 11.1. The first kappa shape index (κ1) is 29.7. The highest BCUT2D eigenvalue weighted by molar-refractivity contribution is 7.80. The second-order valence-electron chi connectivity index (χ2n) is 15.0. The van der Waals surface area contributed by atoms with Gasteiger partial charge in [0.05, 0.1) is 11.2 Å². The van der Waals surface area contributed by atoms with E-state index in [9.17, 15) is 0 Å². The van der Waals surface area contributed by atoms with Crippen LogP contribution in [0.25, 0.3) is 0 Å². The predicted octanol–water partition coefficient (Wildman–Crippen LogP) is 8.52. The van der Waals surface area contributed by atoms with Crippen LogP contribution in [0.1, 0.15) is 131 Å². The van der Waals surface area contributed by atoms with Crippen molar-refractivity contribution in [3.05, 3.63) is 0 Å². The van der Waals surface area contributed by atoms with E-state index in [4.69, 9.17) is 43.9 Å². The van der Waals surface area contributed by atoms with Crippen molar-refractivity contribution < 1.29 is 20.0 Å². The molecule has 2 heterocycles. The van der Waals surface area contributed by atoms with Crippen molar-refractivity contribution in [1.82, 2.24) is 0 Å². The molecule has 6 aliphatic rings. The van der Waals surface area contributed by atoms with Gasteiger partial charge in [0, 0.05) is 23.7 Å². The van der Waals surface area contributed by atoms with E-state index in [1.54, 1.807) is 0 Å². The molecule has 0 N–H and O–H groups in total. The molecule has 6 fully saturated rings. The van der Waals surface area contributed by atoms with Crippen molar-refractivity contribution >= 4 is 32.2 Å². The summed E-state index contributed by atoms with van der Waals surface area (Å²) in [5.41, 5.74) is -0.841. The molecular weight excluding hydrogens is 523 g/mol. The Morgan fingerprint density at radius 2 is 1.03 bits per heavy atom. The van der Waals surface area contributed by atoms with Gasteiger partial charge in [-0.15, -0.1) is 0 Å². The summed E-state index contributed by atoms with van der Waals surface area (Å²) in [5.74, 6) is 5.16. The van der Waals surface area contributed by atoms with E-state index in [0.717, 1.165) is 24.7 Å². The minimum absolute atomic E-state index is 0. The Balaban J connectivity index is 0.00000323. The molecule has 2 aliphatic heterocycles. The summed E-state index contributed by atoms with van der Waals surface area (Å²) in [6, 6.07) is 0. The average Bonchev–Trinajstić information content (AvgIpc) is 3.71. The Morgan fingerprint density at radius 1 is 0.615 bits per heavy atom. The van der Waals surface area contributed by atoms with Gasteiger partial charge in [-0.25, -0.2) is 0 Å². The lowest BCUT2D eigenvalue weighted by molar-refractivity contribution is -0.0303. The van der Waals surface area contributed by atoms with Crippen molar-refractivity contribution in [1.29, 1.82) is 0 Å². The van der Waals surface area contributed by atoms with E-state index in [1.165, 1.54) is 103 Å². The smallest absolute Gasteiger partial charge is 0.514 e. The van der Waals surface area contributed by atoms with Crippen LogP contribution in [0.2, 0.25) is 0 Å². The van der Waals surface area contributed by atoms with Crippen LogP contribution >= 0.6 is 25.3 Å². The first-order chi connectivity index (χ1) is 18.9. The van der Waals surface area contributed by atoms with Crippen molar-refractivity contribution in [3.8, 4) is 0 Å². The van der Waals surface area contributed by atoms with Gasteiger partial charge in [-0.05, 0) is 74.0 Å². The summed E-state index contributed by atoms with van der Waals surface area (Å²) in [6.45, 7) is 2.52. The van der Waals surface area contributed by atoms with E-state index < -0.39 is 18.2 Å². The molecule has 0 radical (unpaired) electrons. The van der Waals surface area contributed by atoms with Gasteiger partial charge in [-0.2, -0.15) is 25.3 Å². The quantitative estimate of drug-likeness (QED) is 0.223. The van der Waals surface area contributed by atoms with E-state index in [-0.39, 0.29) is 13.6 Å². The third-order valence-electron chi connectivity index (χ3n) is 12.3. The summed E-state index contributed by atoms with van der Waals surface area (Å²) in [5, 5.41) is 0. The van der Waals surface area contributed by atoms with Crippen LogP contribution in [-0.2, 0) is 18.6 Å². The lowest BCUT2D eigenvalue weighted by Crippen LogP contribution is -2.52. The Bertz CT molecular complexity index is 761. The van der Waals surface area contributed by atoms with E-state index in [2.05, 4.69) is 13.8 Å². The number of hydrogen-bond donors (Lipinski definition) is 2. The molecule has 0 aromatic carbocycles. The molecule has 0 bridgehead atoms. The van der Waals surface area contributed by atoms with Crippen LogP contribution in [-0.4, -0.2) is 41.9 Å². The summed E-state index contributed by atoms with van der Waals surface area (Å²) in [6.07, 6.45) is 22.9. The summed E-state index contributed by atoms with van der Waals surface area (Å²) in [4.78, 5) is 0. The fraction of sp³-hybridized carbons (Fsp3) is 1.00. The Labute approximate surface area is 251 Å². The molecule has 8 unspecified atom stereocenters. The zero-order valence-electron chi connectivity index (χ0n) is 25.9. The van der Waals surface area contributed by atoms with E-state index >= 15 is 0 Å². The lowest BCUT2D eigenvalue weighted by Gasteiger charge is -2.44. The van der Waals surface area contributed by atoms with Gasteiger partial charge in [-0.3, -0.25) is 0 Å². The van der Waals surface area contributed by atoms with Crippen LogP contribution in [0.5, 0.6) is 0 Å². The summed E-state index contributed by atoms with van der Waals surface area (Å²) >= 11 is 10.1. The molecule has 224 valence electrons. The molecular formula is C32H57BO4S2. The van der Waals surface area contributed by atoms with Gasteiger partial charge in [0.15, 0.2) is 0 Å². The molecule has 1 spiro atoms. The average molecular weight is 581 g/mol. The van der Waals surface area contributed by atoms with Gasteiger partial charge in [0.25, 0.3) is 0 Å². The normalized spacial score (nSPS) is 48.0. The number of rotatable bonds is 8. The molecule has 2 saturated heterocycles. The molecule has 4 nitrogen and oxygen atoms in total. The molecule has 8 atom stereocenters. The zero-order valence-corrected chi connectivity index (χ0v) is 26.7. The summed E-state index contributed by atoms with van der Waals surface area (Å²) in [7, 11) is 0. The Hall–Kier alpha value is 0.605. The van der Waals surface area contributed by atoms with Crippen LogP contribution in [0.3, 0.4) is 0 Å². The highest BCUT2D eigenvalue weighted by atomic mass is 32.1. The zero-order chi connectivity index (χ0) is 27.1. The van der Waals surface area contributed by atoms with Crippen molar-refractivity contribution in [3.63, 3.8) is 0 Å². The van der Waals surface area contributed by atoms with E-state index in [0.29, 0.717) is 35.2 Å². The van der Waals surface area contributed by atoms with Gasteiger partial charge in [0.2, 0.25) is 0 Å². The van der Waals surface area contributed by atoms with E-state index in [1.807, 2.05) is 0 Å². The van der Waals surface area contributed by atoms with Gasteiger partial charge >= 0.3 is 8.38 Å². The summed E-state index contributed by atoms with van der Waals surface area (Å²) < 4.78 is 28.8. The van der Waals surface area contributed by atoms with Crippen molar-refractivity contribution in [2.75, 3.05) is 11.5 Å². The molecule has 39 heavy (non-hydrogen) atoms. The fourth-order valence-electron chi connectivity index (χ4n) is 10.0. The van der Waals surface area contributed by atoms with Gasteiger partial charge < -0.3 is 18.6 Å². The van der Waals surface area contributed by atoms with Crippen LogP contribution in [0.4, 0.5) is 0 Å². The minimum atomic E-state index is -2.28. The Morgan fingerprint density at radius 3 is 1.36 bits per heavy atom. The number of hydrogen-bond acceptors (Lipinski definition) is 6. The van der Waals surface area contributed by atoms with Crippen molar-refractivity contribution in [2.45, 2.75) is 153 Å². The molecule has 6 rings (SSSR count). The first-order valence-electron chi connectivity index (χ1n) is 17.0. The second-order valence-corrected chi connectivity index (χ2v) is 15.6. The van der Waals surface area contributed by atoms with Gasteiger partial charge in [-0.1, -0.05) is 90.9 Å². The Kier molecular flexibility index (Phi) is 9.36. The largest absolute Gasteiger partial charge is 1.00 e. The maximum Gasteiger partial charge on any atom is 1.00 e. The maximum absolute atomic E-state index is 7.28. The molecule has 0 aromatic heterocycles. The van der Waals surface area contributed by atoms with Crippen molar-refractivity contribution in [2.24, 2.45) is 35.5 Å². The highest BCUT2D eigenvalue weighted by Crippen LogP contribution is 2.57. The second kappa shape index (κ2) is 12.3. The standard InChI is InChI=1S/C32H56BO4S2/c1-23-13-15-27(17-23)31(21-38)29(19-25-9-5-3-6-10-25)34-33(36-31)35-30(20-26-11-7-4-8-12-26)32(22-39,37-33)28-16-14-24(2)18-28/h23-30,38-39H,3-22H2,1-2H3/q-1/p+1. The molecule has 4 saturated carbocycles. The van der Waals surface area contributed by atoms with Crippen LogP contribution < -0.4 is 0 Å². The minimum Gasteiger partial charge on any atom is -0.514 e. The number of thiol groups is 2. The van der Waals surface area contributed by atoms with Crippen LogP contribution in [0, 0.1) is 35.5 Å². The highest BCUT2D eigenvalue weighted by Gasteiger charge is 2.66. The molecule has 0 amide bonds. The first-order valence-corrected chi connectivity index (χ1v) is 18.3. The topological polar surface area (TPSA) is 36.9 Å². The molecule has 7 heteroatoms. The monoisotopic (exact) mass is 580 g/mol. The lowest BCUT2D eigenvalue weighted by atomic mass is 9.76. The van der Waals surface area contributed by atoms with Crippen LogP contribution in [0.15, 0.2) is 0 Å². The molecule has 0 aromatic rings. The molecule has 4 aliphatic carbocycles.